The van der Waals surface area contributed by atoms with Crippen LogP contribution in [-0.4, -0.2) is 24.8 Å². The van der Waals surface area contributed by atoms with Gasteiger partial charge in [-0.25, -0.2) is 0 Å². The van der Waals surface area contributed by atoms with Crippen LogP contribution in [0.1, 0.15) is 24.8 Å². The van der Waals surface area contributed by atoms with Crippen molar-refractivity contribution in [3.05, 3.63) is 42.0 Å². The number of nitrogens with zero attached hydrogens (tertiary/aromatic N) is 2. The molecule has 2 aromatic carbocycles. The SMILES string of the molecule is N#Cc1ccc(N(CCCO)CC2CC2)c2ccccc12. The molecule has 0 saturated heterocycles. The van der Waals surface area contributed by atoms with Crippen molar-refractivity contribution >= 4 is 16.5 Å². The van der Waals surface area contributed by atoms with Crippen LogP contribution in [0.15, 0.2) is 36.4 Å². The Labute approximate surface area is 125 Å². The van der Waals surface area contributed by atoms with Crippen molar-refractivity contribution < 1.29 is 5.11 Å². The Morgan fingerprint density at radius 1 is 1.14 bits per heavy atom. The molecule has 3 heteroatoms. The molecule has 108 valence electrons. The zero-order chi connectivity index (χ0) is 14.7. The third-order valence-corrected chi connectivity index (χ3v) is 4.12. The molecular formula is C18H20N2O. The number of anilines is 1. The van der Waals surface area contributed by atoms with Gasteiger partial charge in [-0.1, -0.05) is 24.3 Å². The van der Waals surface area contributed by atoms with E-state index in [2.05, 4.69) is 23.1 Å². The highest BCUT2D eigenvalue weighted by Crippen LogP contribution is 2.34. The van der Waals surface area contributed by atoms with Crippen LogP contribution in [0.5, 0.6) is 0 Å². The lowest BCUT2D eigenvalue weighted by molar-refractivity contribution is 0.289. The molecule has 3 rings (SSSR count). The summed E-state index contributed by atoms with van der Waals surface area (Å²) >= 11 is 0. The number of hydrogen-bond acceptors (Lipinski definition) is 3. The fourth-order valence-electron chi connectivity index (χ4n) is 2.84. The van der Waals surface area contributed by atoms with Gasteiger partial charge >= 0.3 is 0 Å². The lowest BCUT2D eigenvalue weighted by Crippen LogP contribution is -2.27. The third kappa shape index (κ3) is 3.01. The molecule has 0 heterocycles. The zero-order valence-electron chi connectivity index (χ0n) is 12.1. The van der Waals surface area contributed by atoms with Gasteiger partial charge in [0.1, 0.15) is 0 Å². The number of aliphatic hydroxyl groups excluding tert-OH is 1. The summed E-state index contributed by atoms with van der Waals surface area (Å²) in [7, 11) is 0. The van der Waals surface area contributed by atoms with Crippen LogP contribution in [0.25, 0.3) is 10.8 Å². The van der Waals surface area contributed by atoms with Crippen LogP contribution >= 0.6 is 0 Å². The average Bonchev–Trinajstić information content (AvgIpc) is 3.34. The van der Waals surface area contributed by atoms with Crippen molar-refractivity contribution in [3.63, 3.8) is 0 Å². The van der Waals surface area contributed by atoms with E-state index in [1.807, 2.05) is 24.3 Å². The number of fused-ring (bicyclic) bond motifs is 1. The first kappa shape index (κ1) is 13.9. The normalized spacial score (nSPS) is 14.1. The van der Waals surface area contributed by atoms with E-state index in [1.54, 1.807) is 0 Å². The summed E-state index contributed by atoms with van der Waals surface area (Å²) in [6.07, 6.45) is 3.40. The first-order valence-electron chi connectivity index (χ1n) is 7.61. The molecular weight excluding hydrogens is 260 g/mol. The molecule has 0 aliphatic heterocycles. The molecule has 0 unspecified atom stereocenters. The Hall–Kier alpha value is -2.05. The standard InChI is InChI=1S/C18H20N2O/c19-12-15-8-9-18(17-5-2-1-4-16(15)17)20(10-3-11-21)13-14-6-7-14/h1-2,4-5,8-9,14,21H,3,6-7,10-11,13H2. The predicted octanol–water partition coefficient (Wildman–Crippen LogP) is 3.31. The summed E-state index contributed by atoms with van der Waals surface area (Å²) in [6.45, 7) is 2.13. The molecule has 0 bridgehead atoms. The summed E-state index contributed by atoms with van der Waals surface area (Å²) in [6, 6.07) is 14.3. The molecule has 0 radical (unpaired) electrons. The van der Waals surface area contributed by atoms with Crippen molar-refractivity contribution in [1.29, 1.82) is 5.26 Å². The van der Waals surface area contributed by atoms with Crippen molar-refractivity contribution in [2.24, 2.45) is 5.92 Å². The molecule has 0 atom stereocenters. The van der Waals surface area contributed by atoms with Crippen molar-refractivity contribution in [2.75, 3.05) is 24.6 Å². The van der Waals surface area contributed by atoms with Crippen LogP contribution in [0, 0.1) is 17.2 Å². The quantitative estimate of drug-likeness (QED) is 0.883. The summed E-state index contributed by atoms with van der Waals surface area (Å²) in [4.78, 5) is 2.37. The molecule has 0 amide bonds. The van der Waals surface area contributed by atoms with E-state index in [4.69, 9.17) is 5.11 Å². The number of nitriles is 1. The summed E-state index contributed by atoms with van der Waals surface area (Å²) < 4.78 is 0. The number of benzene rings is 2. The first-order valence-corrected chi connectivity index (χ1v) is 7.61. The van der Waals surface area contributed by atoms with Gasteiger partial charge in [-0.3, -0.25) is 0 Å². The maximum absolute atomic E-state index is 9.27. The Balaban J connectivity index is 2.02. The molecule has 1 fully saturated rings. The van der Waals surface area contributed by atoms with E-state index >= 15 is 0 Å². The smallest absolute Gasteiger partial charge is 0.0998 e. The summed E-state index contributed by atoms with van der Waals surface area (Å²) in [5.74, 6) is 0.790. The topological polar surface area (TPSA) is 47.3 Å². The lowest BCUT2D eigenvalue weighted by Gasteiger charge is -2.26. The van der Waals surface area contributed by atoms with E-state index in [0.29, 0.717) is 0 Å². The lowest BCUT2D eigenvalue weighted by atomic mass is 10.0. The van der Waals surface area contributed by atoms with Gasteiger partial charge in [-0.15, -0.1) is 0 Å². The molecule has 2 aromatic rings. The van der Waals surface area contributed by atoms with Crippen LogP contribution in [0.4, 0.5) is 5.69 Å². The number of rotatable bonds is 6. The summed E-state index contributed by atoms with van der Waals surface area (Å²) in [5.41, 5.74) is 1.91. The van der Waals surface area contributed by atoms with Crippen molar-refractivity contribution in [2.45, 2.75) is 19.3 Å². The largest absolute Gasteiger partial charge is 0.396 e. The van der Waals surface area contributed by atoms with Gasteiger partial charge in [0.2, 0.25) is 0 Å². The van der Waals surface area contributed by atoms with Gasteiger partial charge < -0.3 is 10.0 Å². The molecule has 1 aliphatic rings. The third-order valence-electron chi connectivity index (χ3n) is 4.12. The summed E-state index contributed by atoms with van der Waals surface area (Å²) in [5, 5.41) is 20.6. The maximum Gasteiger partial charge on any atom is 0.0998 e. The number of aliphatic hydroxyl groups is 1. The second-order valence-corrected chi connectivity index (χ2v) is 5.76. The fraction of sp³-hybridized carbons (Fsp3) is 0.389. The van der Waals surface area contributed by atoms with Crippen LogP contribution in [0.2, 0.25) is 0 Å². The predicted molar refractivity (Wildman–Crippen MR) is 85.3 cm³/mol. The molecule has 21 heavy (non-hydrogen) atoms. The van der Waals surface area contributed by atoms with Crippen LogP contribution in [0.3, 0.4) is 0 Å². The van der Waals surface area contributed by atoms with E-state index < -0.39 is 0 Å². The molecule has 1 saturated carbocycles. The minimum absolute atomic E-state index is 0.218. The monoisotopic (exact) mass is 280 g/mol. The van der Waals surface area contributed by atoms with Gasteiger partial charge in [0.05, 0.1) is 11.6 Å². The van der Waals surface area contributed by atoms with Gasteiger partial charge in [0, 0.05) is 36.2 Å². The van der Waals surface area contributed by atoms with Crippen LogP contribution in [-0.2, 0) is 0 Å². The molecule has 3 nitrogen and oxygen atoms in total. The Kier molecular flexibility index (Phi) is 4.08. The number of hydrogen-bond donors (Lipinski definition) is 1. The Morgan fingerprint density at radius 3 is 2.57 bits per heavy atom. The highest BCUT2D eigenvalue weighted by molar-refractivity contribution is 5.97. The second kappa shape index (κ2) is 6.15. The van der Waals surface area contributed by atoms with E-state index in [0.717, 1.165) is 41.8 Å². The minimum Gasteiger partial charge on any atom is -0.396 e. The van der Waals surface area contributed by atoms with Crippen molar-refractivity contribution in [1.82, 2.24) is 0 Å². The second-order valence-electron chi connectivity index (χ2n) is 5.76. The van der Waals surface area contributed by atoms with E-state index in [9.17, 15) is 5.26 Å². The molecule has 1 aliphatic carbocycles. The minimum atomic E-state index is 0.218. The Morgan fingerprint density at radius 2 is 1.90 bits per heavy atom. The maximum atomic E-state index is 9.27. The highest BCUT2D eigenvalue weighted by atomic mass is 16.3. The van der Waals surface area contributed by atoms with E-state index in [-0.39, 0.29) is 6.61 Å². The molecule has 1 N–H and O–H groups in total. The van der Waals surface area contributed by atoms with Crippen LogP contribution < -0.4 is 4.90 Å². The molecule has 0 aromatic heterocycles. The van der Waals surface area contributed by atoms with Gasteiger partial charge in [-0.2, -0.15) is 5.26 Å². The average molecular weight is 280 g/mol. The first-order chi connectivity index (χ1) is 10.3. The highest BCUT2D eigenvalue weighted by Gasteiger charge is 2.25. The van der Waals surface area contributed by atoms with Gasteiger partial charge in [-0.05, 0) is 37.3 Å². The zero-order valence-corrected chi connectivity index (χ0v) is 12.1. The Bertz CT molecular complexity index is 670. The van der Waals surface area contributed by atoms with Gasteiger partial charge in [0.15, 0.2) is 0 Å². The van der Waals surface area contributed by atoms with Gasteiger partial charge in [0.25, 0.3) is 0 Å². The fourth-order valence-corrected chi connectivity index (χ4v) is 2.84. The molecule has 0 spiro atoms. The van der Waals surface area contributed by atoms with E-state index in [1.165, 1.54) is 18.5 Å². The van der Waals surface area contributed by atoms with Crippen molar-refractivity contribution in [3.8, 4) is 6.07 Å².